The lowest BCUT2D eigenvalue weighted by atomic mass is 9.76. The molecule has 0 aromatic heterocycles. The quantitative estimate of drug-likeness (QED) is 0.389. The van der Waals surface area contributed by atoms with Gasteiger partial charge < -0.3 is 9.47 Å². The van der Waals surface area contributed by atoms with Gasteiger partial charge in [-0.3, -0.25) is 19.2 Å². The molecule has 92 valence electrons. The molecule has 0 N–H and O–H groups in total. The van der Waals surface area contributed by atoms with Gasteiger partial charge in [0.15, 0.2) is 0 Å². The fraction of sp³-hybridized carbons (Fsp3) is 0.636. The van der Waals surface area contributed by atoms with Crippen molar-refractivity contribution < 1.29 is 28.7 Å². The lowest BCUT2D eigenvalue weighted by Crippen LogP contribution is -2.36. The molecule has 1 aliphatic heterocycles. The van der Waals surface area contributed by atoms with Gasteiger partial charge in [-0.2, -0.15) is 0 Å². The Morgan fingerprint density at radius 1 is 1.53 bits per heavy atom. The van der Waals surface area contributed by atoms with Gasteiger partial charge in [-0.15, -0.1) is 0 Å². The minimum absolute atomic E-state index is 0.0428. The van der Waals surface area contributed by atoms with Gasteiger partial charge in [-0.25, -0.2) is 0 Å². The Hall–Kier alpha value is -1.72. The van der Waals surface area contributed by atoms with E-state index in [0.717, 1.165) is 0 Å². The van der Waals surface area contributed by atoms with E-state index in [1.807, 2.05) is 6.92 Å². The Bertz CT molecular complexity index is 401. The molecule has 2 rings (SSSR count). The van der Waals surface area contributed by atoms with Crippen LogP contribution in [0.25, 0.3) is 0 Å². The van der Waals surface area contributed by atoms with Crippen molar-refractivity contribution in [3.8, 4) is 0 Å². The van der Waals surface area contributed by atoms with E-state index in [0.29, 0.717) is 12.8 Å². The van der Waals surface area contributed by atoms with Crippen LogP contribution in [0, 0.1) is 17.3 Å². The van der Waals surface area contributed by atoms with Gasteiger partial charge in [0.1, 0.15) is 0 Å². The number of ether oxygens (including phenoxy) is 2. The third kappa shape index (κ3) is 1.73. The second kappa shape index (κ2) is 3.94. The Kier molecular flexibility index (Phi) is 2.73. The third-order valence-corrected chi connectivity index (χ3v) is 3.54. The van der Waals surface area contributed by atoms with Crippen LogP contribution in [-0.4, -0.2) is 24.4 Å². The smallest absolute Gasteiger partial charge is 0.321 e. The summed E-state index contributed by atoms with van der Waals surface area (Å²) in [6, 6.07) is 0. The molecule has 17 heavy (non-hydrogen) atoms. The number of cyclic esters (lactones) is 2. The maximum absolute atomic E-state index is 11.7. The number of rotatable bonds is 2. The van der Waals surface area contributed by atoms with Crippen molar-refractivity contribution >= 4 is 24.4 Å². The highest BCUT2D eigenvalue weighted by Crippen LogP contribution is 2.52. The van der Waals surface area contributed by atoms with E-state index in [2.05, 4.69) is 9.47 Å². The summed E-state index contributed by atoms with van der Waals surface area (Å²) in [5, 5.41) is 0. The fourth-order valence-corrected chi connectivity index (χ4v) is 2.92. The lowest BCUT2D eigenvalue weighted by Gasteiger charge is -2.22. The number of hydrogen-bond acceptors (Lipinski definition) is 6. The van der Waals surface area contributed by atoms with Crippen molar-refractivity contribution in [1.82, 2.24) is 0 Å². The van der Waals surface area contributed by atoms with Gasteiger partial charge in [0, 0.05) is 0 Å². The number of hydrogen-bond donors (Lipinski definition) is 0. The summed E-state index contributed by atoms with van der Waals surface area (Å²) in [5.74, 6) is -2.69. The molecule has 6 nitrogen and oxygen atoms in total. The SMILES string of the molecule is CC1CC(C(=O)OC=O)C2(CC(=O)OC2=O)C1. The number of carbonyl (C=O) groups excluding carboxylic acids is 4. The Morgan fingerprint density at radius 3 is 2.76 bits per heavy atom. The summed E-state index contributed by atoms with van der Waals surface area (Å²) in [4.78, 5) is 44.7. The predicted molar refractivity (Wildman–Crippen MR) is 52.2 cm³/mol. The monoisotopic (exact) mass is 240 g/mol. The fourth-order valence-electron chi connectivity index (χ4n) is 2.92. The van der Waals surface area contributed by atoms with Crippen LogP contribution < -0.4 is 0 Å². The van der Waals surface area contributed by atoms with E-state index >= 15 is 0 Å². The second-order valence-corrected chi connectivity index (χ2v) is 4.73. The molecule has 0 aromatic carbocycles. The molecule has 1 saturated heterocycles. The van der Waals surface area contributed by atoms with E-state index in [1.54, 1.807) is 0 Å². The van der Waals surface area contributed by atoms with E-state index < -0.39 is 29.2 Å². The second-order valence-electron chi connectivity index (χ2n) is 4.73. The minimum Gasteiger partial charge on any atom is -0.395 e. The van der Waals surface area contributed by atoms with Crippen LogP contribution in [0.15, 0.2) is 0 Å². The molecular weight excluding hydrogens is 228 g/mol. The molecule has 1 aliphatic carbocycles. The summed E-state index contributed by atoms with van der Waals surface area (Å²) in [6.45, 7) is 1.92. The molecule has 6 heteroatoms. The van der Waals surface area contributed by atoms with Crippen molar-refractivity contribution in [1.29, 1.82) is 0 Å². The Balaban J connectivity index is 2.31. The first-order valence-corrected chi connectivity index (χ1v) is 5.39. The molecule has 2 aliphatic rings. The van der Waals surface area contributed by atoms with Gasteiger partial charge in [0.25, 0.3) is 0 Å². The molecule has 1 spiro atoms. The highest BCUT2D eigenvalue weighted by molar-refractivity contribution is 6.00. The summed E-state index contributed by atoms with van der Waals surface area (Å²) in [6.07, 6.45) is 0.736. The van der Waals surface area contributed by atoms with Crippen molar-refractivity contribution in [2.45, 2.75) is 26.2 Å². The molecule has 0 amide bonds. The average Bonchev–Trinajstić information content (AvgIpc) is 2.69. The highest BCUT2D eigenvalue weighted by Gasteiger charge is 2.61. The van der Waals surface area contributed by atoms with Gasteiger partial charge in [0.05, 0.1) is 17.8 Å². The lowest BCUT2D eigenvalue weighted by molar-refractivity contribution is -0.164. The Morgan fingerprint density at radius 2 is 2.24 bits per heavy atom. The van der Waals surface area contributed by atoms with Crippen molar-refractivity contribution in [3.05, 3.63) is 0 Å². The van der Waals surface area contributed by atoms with Crippen LogP contribution in [-0.2, 0) is 28.7 Å². The summed E-state index contributed by atoms with van der Waals surface area (Å²) in [7, 11) is 0. The van der Waals surface area contributed by atoms with E-state index in [4.69, 9.17) is 0 Å². The first-order valence-electron chi connectivity index (χ1n) is 5.39. The van der Waals surface area contributed by atoms with Crippen LogP contribution >= 0.6 is 0 Å². The largest absolute Gasteiger partial charge is 0.395 e. The molecule has 3 atom stereocenters. The highest BCUT2D eigenvalue weighted by atomic mass is 16.6. The van der Waals surface area contributed by atoms with Gasteiger partial charge in [-0.1, -0.05) is 6.92 Å². The van der Waals surface area contributed by atoms with Gasteiger partial charge in [0.2, 0.25) is 0 Å². The van der Waals surface area contributed by atoms with Crippen LogP contribution in [0.1, 0.15) is 26.2 Å². The zero-order valence-electron chi connectivity index (χ0n) is 9.30. The van der Waals surface area contributed by atoms with Crippen LogP contribution in [0.5, 0.6) is 0 Å². The normalized spacial score (nSPS) is 36.1. The zero-order chi connectivity index (χ0) is 12.6. The molecule has 0 bridgehead atoms. The molecule has 2 fully saturated rings. The van der Waals surface area contributed by atoms with Crippen molar-refractivity contribution in [3.63, 3.8) is 0 Å². The standard InChI is InChI=1S/C11H12O6/c1-6-2-7(9(14)16-5-12)11(3-6)4-8(13)17-10(11)15/h5-7H,2-4H2,1H3. The molecule has 0 aromatic rings. The number of carbonyl (C=O) groups is 4. The maximum Gasteiger partial charge on any atom is 0.321 e. The van der Waals surface area contributed by atoms with Gasteiger partial charge >= 0.3 is 24.4 Å². The number of esters is 3. The van der Waals surface area contributed by atoms with Crippen LogP contribution in [0.2, 0.25) is 0 Å². The van der Waals surface area contributed by atoms with Crippen molar-refractivity contribution in [2.24, 2.45) is 17.3 Å². The molecule has 3 unspecified atom stereocenters. The minimum atomic E-state index is -1.11. The summed E-state index contributed by atoms with van der Waals surface area (Å²) in [5.41, 5.74) is -1.11. The zero-order valence-corrected chi connectivity index (χ0v) is 9.30. The summed E-state index contributed by atoms with van der Waals surface area (Å²) >= 11 is 0. The summed E-state index contributed by atoms with van der Waals surface area (Å²) < 4.78 is 8.84. The van der Waals surface area contributed by atoms with Crippen LogP contribution in [0.3, 0.4) is 0 Å². The van der Waals surface area contributed by atoms with E-state index in [1.165, 1.54) is 0 Å². The van der Waals surface area contributed by atoms with E-state index in [-0.39, 0.29) is 18.8 Å². The van der Waals surface area contributed by atoms with E-state index in [9.17, 15) is 19.2 Å². The first kappa shape index (κ1) is 11.8. The van der Waals surface area contributed by atoms with Crippen molar-refractivity contribution in [2.75, 3.05) is 0 Å². The first-order chi connectivity index (χ1) is 7.99. The van der Waals surface area contributed by atoms with Crippen LogP contribution in [0.4, 0.5) is 0 Å². The molecule has 1 saturated carbocycles. The Labute approximate surface area is 97.3 Å². The topological polar surface area (TPSA) is 86.7 Å². The van der Waals surface area contributed by atoms with Gasteiger partial charge in [-0.05, 0) is 18.8 Å². The molecular formula is C11H12O6. The average molecular weight is 240 g/mol. The predicted octanol–water partition coefficient (Wildman–Crippen LogP) is 0.192. The molecule has 1 heterocycles. The third-order valence-electron chi connectivity index (χ3n) is 3.54. The maximum atomic E-state index is 11.7. The molecule has 0 radical (unpaired) electrons.